The van der Waals surface area contributed by atoms with Gasteiger partial charge in [-0.25, -0.2) is 4.98 Å². The van der Waals surface area contributed by atoms with Crippen molar-refractivity contribution in [2.75, 3.05) is 7.11 Å². The molecular weight excluding hydrogens is 474 g/mol. The van der Waals surface area contributed by atoms with Gasteiger partial charge < -0.3 is 9.64 Å². The summed E-state index contributed by atoms with van der Waals surface area (Å²) < 4.78 is 6.92. The van der Waals surface area contributed by atoms with E-state index in [0.29, 0.717) is 40.3 Å². The summed E-state index contributed by atoms with van der Waals surface area (Å²) in [5.74, 6) is 1.03. The molecule has 0 aliphatic carbocycles. The second kappa shape index (κ2) is 10.7. The van der Waals surface area contributed by atoms with E-state index in [1.807, 2.05) is 111 Å². The van der Waals surface area contributed by atoms with E-state index < -0.39 is 6.04 Å². The summed E-state index contributed by atoms with van der Waals surface area (Å²) in [7, 11) is 1.60. The van der Waals surface area contributed by atoms with Gasteiger partial charge in [0.05, 0.1) is 29.7 Å². The molecule has 1 unspecified atom stereocenters. The van der Waals surface area contributed by atoms with E-state index >= 15 is 0 Å². The summed E-state index contributed by atoms with van der Waals surface area (Å²) in [4.78, 5) is 34.5. The zero-order valence-corrected chi connectivity index (χ0v) is 21.7. The zero-order chi connectivity index (χ0) is 26.6. The third-order valence-electron chi connectivity index (χ3n) is 6.73. The molecular formula is C32H29N3O3. The number of para-hydroxylation sites is 1. The van der Waals surface area contributed by atoms with Crippen molar-refractivity contribution in [3.05, 3.63) is 136 Å². The first-order chi connectivity index (χ1) is 18.5. The summed E-state index contributed by atoms with van der Waals surface area (Å²) in [6.07, 6.45) is 0. The van der Waals surface area contributed by atoms with Crippen LogP contribution in [-0.2, 0) is 6.54 Å². The molecule has 4 aromatic carbocycles. The fraction of sp³-hybridized carbons (Fsp3) is 0.156. The highest BCUT2D eigenvalue weighted by molar-refractivity contribution is 5.94. The Morgan fingerprint density at radius 1 is 0.895 bits per heavy atom. The molecule has 1 amide bonds. The number of hydrogen-bond donors (Lipinski definition) is 0. The number of methoxy groups -OCH3 is 1. The van der Waals surface area contributed by atoms with Crippen LogP contribution in [0.2, 0.25) is 0 Å². The number of aryl methyl sites for hydroxylation is 1. The third kappa shape index (κ3) is 4.93. The molecule has 0 fully saturated rings. The highest BCUT2D eigenvalue weighted by Crippen LogP contribution is 2.27. The van der Waals surface area contributed by atoms with E-state index in [1.54, 1.807) is 22.6 Å². The molecule has 1 heterocycles. The molecule has 6 nitrogen and oxygen atoms in total. The lowest BCUT2D eigenvalue weighted by molar-refractivity contribution is 0.0664. The van der Waals surface area contributed by atoms with Gasteiger partial charge in [-0.05, 0) is 67.9 Å². The Hall–Kier alpha value is -4.71. The van der Waals surface area contributed by atoms with Crippen molar-refractivity contribution in [1.29, 1.82) is 0 Å². The second-order valence-corrected chi connectivity index (χ2v) is 9.29. The van der Waals surface area contributed by atoms with Crippen molar-refractivity contribution in [2.24, 2.45) is 0 Å². The summed E-state index contributed by atoms with van der Waals surface area (Å²) in [5.41, 5.74) is 3.69. The van der Waals surface area contributed by atoms with E-state index in [-0.39, 0.29) is 11.5 Å². The number of ether oxygens (including phenoxy) is 1. The van der Waals surface area contributed by atoms with Crippen molar-refractivity contribution in [2.45, 2.75) is 26.4 Å². The average Bonchev–Trinajstić information content (AvgIpc) is 2.96. The lowest BCUT2D eigenvalue weighted by atomic mass is 10.1. The largest absolute Gasteiger partial charge is 0.497 e. The summed E-state index contributed by atoms with van der Waals surface area (Å²) in [6, 6.07) is 31.4. The Balaban J connectivity index is 1.69. The minimum Gasteiger partial charge on any atom is -0.497 e. The van der Waals surface area contributed by atoms with Gasteiger partial charge in [0.1, 0.15) is 11.6 Å². The van der Waals surface area contributed by atoms with Gasteiger partial charge in [0.2, 0.25) is 0 Å². The van der Waals surface area contributed by atoms with Crippen molar-refractivity contribution in [3.8, 4) is 11.4 Å². The first-order valence-electron chi connectivity index (χ1n) is 12.5. The van der Waals surface area contributed by atoms with Crippen LogP contribution in [0.25, 0.3) is 16.6 Å². The predicted molar refractivity (Wildman–Crippen MR) is 150 cm³/mol. The standard InChI is InChI=1S/C32H29N3O3/c1-22-13-15-25(16-14-22)31(36)34(21-24-9-5-4-6-10-24)23(2)30-33-29-12-8-7-11-28(29)32(37)35(30)26-17-19-27(38-3)20-18-26/h4-20,23H,21H2,1-3H3. The fourth-order valence-electron chi connectivity index (χ4n) is 4.58. The van der Waals surface area contributed by atoms with Crippen LogP contribution in [0.3, 0.4) is 0 Å². The Kier molecular flexibility index (Phi) is 7.05. The molecule has 0 aliphatic heterocycles. The monoisotopic (exact) mass is 503 g/mol. The number of carbonyl (C=O) groups excluding carboxylic acids is 1. The number of amides is 1. The molecule has 0 spiro atoms. The predicted octanol–water partition coefficient (Wildman–Crippen LogP) is 6.11. The van der Waals surface area contributed by atoms with Crippen LogP contribution in [0.15, 0.2) is 108 Å². The third-order valence-corrected chi connectivity index (χ3v) is 6.73. The van der Waals surface area contributed by atoms with Crippen LogP contribution < -0.4 is 10.3 Å². The van der Waals surface area contributed by atoms with Crippen LogP contribution >= 0.6 is 0 Å². The maximum absolute atomic E-state index is 13.9. The average molecular weight is 504 g/mol. The molecule has 0 aliphatic rings. The number of carbonyl (C=O) groups is 1. The molecule has 0 saturated carbocycles. The zero-order valence-electron chi connectivity index (χ0n) is 21.7. The van der Waals surface area contributed by atoms with Gasteiger partial charge in [-0.1, -0.05) is 60.2 Å². The molecule has 0 bridgehead atoms. The molecule has 38 heavy (non-hydrogen) atoms. The van der Waals surface area contributed by atoms with Gasteiger partial charge in [0.25, 0.3) is 11.5 Å². The van der Waals surface area contributed by atoms with Crippen LogP contribution in [0.5, 0.6) is 5.75 Å². The topological polar surface area (TPSA) is 64.4 Å². The number of nitrogens with zero attached hydrogens (tertiary/aromatic N) is 3. The van der Waals surface area contributed by atoms with Crippen molar-refractivity contribution < 1.29 is 9.53 Å². The number of fused-ring (bicyclic) bond motifs is 1. The maximum atomic E-state index is 13.9. The van der Waals surface area contributed by atoms with E-state index in [0.717, 1.165) is 11.1 Å². The van der Waals surface area contributed by atoms with Crippen LogP contribution in [-0.4, -0.2) is 27.5 Å². The maximum Gasteiger partial charge on any atom is 0.266 e. The molecule has 5 aromatic rings. The quantitative estimate of drug-likeness (QED) is 0.269. The first kappa shape index (κ1) is 25.0. The van der Waals surface area contributed by atoms with Crippen molar-refractivity contribution in [3.63, 3.8) is 0 Å². The molecule has 190 valence electrons. The van der Waals surface area contributed by atoms with Gasteiger partial charge in [0, 0.05) is 12.1 Å². The number of hydrogen-bond acceptors (Lipinski definition) is 4. The summed E-state index contributed by atoms with van der Waals surface area (Å²) >= 11 is 0. The Morgan fingerprint density at radius 3 is 2.24 bits per heavy atom. The normalized spacial score (nSPS) is 11.8. The van der Waals surface area contributed by atoms with Gasteiger partial charge >= 0.3 is 0 Å². The van der Waals surface area contributed by atoms with Crippen LogP contribution in [0.4, 0.5) is 0 Å². The highest BCUT2D eigenvalue weighted by Gasteiger charge is 2.28. The Labute approximate surface area is 221 Å². The van der Waals surface area contributed by atoms with Crippen LogP contribution in [0.1, 0.15) is 40.3 Å². The molecule has 0 saturated heterocycles. The molecule has 5 rings (SSSR count). The minimum absolute atomic E-state index is 0.134. The van der Waals surface area contributed by atoms with Crippen molar-refractivity contribution >= 4 is 16.8 Å². The highest BCUT2D eigenvalue weighted by atomic mass is 16.5. The van der Waals surface area contributed by atoms with E-state index in [4.69, 9.17) is 9.72 Å². The van der Waals surface area contributed by atoms with Gasteiger partial charge in [-0.2, -0.15) is 0 Å². The Bertz CT molecular complexity index is 1630. The van der Waals surface area contributed by atoms with E-state index in [9.17, 15) is 9.59 Å². The van der Waals surface area contributed by atoms with Gasteiger partial charge in [-0.3, -0.25) is 14.2 Å². The molecule has 0 radical (unpaired) electrons. The number of rotatable bonds is 7. The number of aromatic nitrogens is 2. The van der Waals surface area contributed by atoms with Gasteiger partial charge in [-0.15, -0.1) is 0 Å². The van der Waals surface area contributed by atoms with Crippen LogP contribution in [0, 0.1) is 6.92 Å². The molecule has 1 aromatic heterocycles. The first-order valence-corrected chi connectivity index (χ1v) is 12.5. The summed E-state index contributed by atoms with van der Waals surface area (Å²) in [6.45, 7) is 4.27. The van der Waals surface area contributed by atoms with E-state index in [1.165, 1.54) is 0 Å². The lowest BCUT2D eigenvalue weighted by Crippen LogP contribution is -2.37. The number of benzene rings is 4. The Morgan fingerprint density at radius 2 is 1.55 bits per heavy atom. The SMILES string of the molecule is COc1ccc(-n2c(C(C)N(Cc3ccccc3)C(=O)c3ccc(C)cc3)nc3ccccc3c2=O)cc1. The fourth-order valence-corrected chi connectivity index (χ4v) is 4.58. The van der Waals surface area contributed by atoms with Gasteiger partial charge in [0.15, 0.2) is 0 Å². The molecule has 1 atom stereocenters. The molecule has 6 heteroatoms. The lowest BCUT2D eigenvalue weighted by Gasteiger charge is -2.31. The summed E-state index contributed by atoms with van der Waals surface area (Å²) in [5, 5.41) is 0.513. The second-order valence-electron chi connectivity index (χ2n) is 9.29. The van der Waals surface area contributed by atoms with E-state index in [2.05, 4.69) is 0 Å². The van der Waals surface area contributed by atoms with Crippen molar-refractivity contribution in [1.82, 2.24) is 14.5 Å². The molecule has 0 N–H and O–H groups in total. The smallest absolute Gasteiger partial charge is 0.266 e. The minimum atomic E-state index is -0.525.